The normalized spacial score (nSPS) is 10.2. The van der Waals surface area contributed by atoms with Crippen LogP contribution in [0.4, 0.5) is 0 Å². The summed E-state index contributed by atoms with van der Waals surface area (Å²) in [7, 11) is 0. The number of thiocarbonyl (C=S) groups is 1. The minimum atomic E-state index is 0.438. The van der Waals surface area contributed by atoms with Gasteiger partial charge in [0.1, 0.15) is 4.99 Å². The molecule has 0 fully saturated rings. The van der Waals surface area contributed by atoms with Crippen molar-refractivity contribution in [3.05, 3.63) is 23.9 Å². The average molecular weight is 240 g/mol. The lowest BCUT2D eigenvalue weighted by Gasteiger charge is -2.02. The third-order valence-electron chi connectivity index (χ3n) is 2.02. The van der Waals surface area contributed by atoms with Gasteiger partial charge in [0.05, 0.1) is 5.03 Å². The zero-order valence-corrected chi connectivity index (χ0v) is 10.5. The van der Waals surface area contributed by atoms with Crippen LogP contribution in [0.1, 0.15) is 31.7 Å². The number of pyridine rings is 1. The number of nitrogens with two attached hydrogens (primary N) is 1. The highest BCUT2D eigenvalue weighted by atomic mass is 32.2. The summed E-state index contributed by atoms with van der Waals surface area (Å²) in [5.74, 6) is 1.11. The Bertz CT molecular complexity index is 326. The molecule has 2 N–H and O–H groups in total. The van der Waals surface area contributed by atoms with Crippen LogP contribution in [0.5, 0.6) is 0 Å². The van der Waals surface area contributed by atoms with Crippen molar-refractivity contribution < 1.29 is 0 Å². The van der Waals surface area contributed by atoms with Gasteiger partial charge >= 0.3 is 0 Å². The fourth-order valence-corrected chi connectivity index (χ4v) is 2.20. The van der Waals surface area contributed by atoms with Gasteiger partial charge in [0.15, 0.2) is 0 Å². The molecule has 4 heteroatoms. The highest BCUT2D eigenvalue weighted by molar-refractivity contribution is 7.99. The fraction of sp³-hybridized carbons (Fsp3) is 0.455. The summed E-state index contributed by atoms with van der Waals surface area (Å²) in [6.07, 6.45) is 5.53. The van der Waals surface area contributed by atoms with Gasteiger partial charge in [-0.3, -0.25) is 0 Å². The molecule has 0 aliphatic heterocycles. The standard InChI is InChI=1S/C11H16N2S2/c1-2-3-4-7-15-10-8-9(11(12)14)5-6-13-10/h5-6,8H,2-4,7H2,1H3,(H2,12,14). The van der Waals surface area contributed by atoms with Crippen LogP contribution in [0.2, 0.25) is 0 Å². The number of unbranched alkanes of at least 4 members (excludes halogenated alkanes) is 2. The van der Waals surface area contributed by atoms with E-state index in [9.17, 15) is 0 Å². The van der Waals surface area contributed by atoms with Crippen LogP contribution < -0.4 is 5.73 Å². The molecule has 0 atom stereocenters. The molecule has 1 aromatic heterocycles. The Kier molecular flexibility index (Phi) is 5.65. The summed E-state index contributed by atoms with van der Waals surface area (Å²) in [6.45, 7) is 2.20. The lowest BCUT2D eigenvalue weighted by molar-refractivity contribution is 0.778. The largest absolute Gasteiger partial charge is 0.389 e. The number of rotatable bonds is 6. The van der Waals surface area contributed by atoms with Gasteiger partial charge in [0, 0.05) is 11.8 Å². The van der Waals surface area contributed by atoms with Crippen LogP contribution in [0.3, 0.4) is 0 Å². The van der Waals surface area contributed by atoms with Crippen LogP contribution in [0.25, 0.3) is 0 Å². The molecule has 0 saturated heterocycles. The van der Waals surface area contributed by atoms with Crippen molar-refractivity contribution in [2.45, 2.75) is 31.2 Å². The second-order valence-electron chi connectivity index (χ2n) is 3.30. The van der Waals surface area contributed by atoms with E-state index in [0.29, 0.717) is 4.99 Å². The minimum absolute atomic E-state index is 0.438. The third kappa shape index (κ3) is 4.62. The maximum absolute atomic E-state index is 5.55. The summed E-state index contributed by atoms with van der Waals surface area (Å²) < 4.78 is 0. The summed E-state index contributed by atoms with van der Waals surface area (Å²) in [5.41, 5.74) is 6.45. The predicted molar refractivity (Wildman–Crippen MR) is 70.4 cm³/mol. The van der Waals surface area contributed by atoms with Crippen LogP contribution in [-0.4, -0.2) is 15.7 Å². The molecule has 0 saturated carbocycles. The number of hydrogen-bond acceptors (Lipinski definition) is 3. The first-order valence-corrected chi connectivity index (χ1v) is 6.52. The average Bonchev–Trinajstić information content (AvgIpc) is 2.25. The first-order valence-electron chi connectivity index (χ1n) is 5.12. The van der Waals surface area contributed by atoms with Crippen molar-refractivity contribution in [2.75, 3.05) is 5.75 Å². The molecule has 0 radical (unpaired) electrons. The molecule has 2 nitrogen and oxygen atoms in total. The molecule has 1 aromatic rings. The monoisotopic (exact) mass is 240 g/mol. The third-order valence-corrected chi connectivity index (χ3v) is 3.26. The van der Waals surface area contributed by atoms with Gasteiger partial charge in [-0.15, -0.1) is 11.8 Å². The smallest absolute Gasteiger partial charge is 0.104 e. The van der Waals surface area contributed by atoms with Crippen molar-refractivity contribution in [1.29, 1.82) is 0 Å². The number of thioether (sulfide) groups is 1. The number of aromatic nitrogens is 1. The van der Waals surface area contributed by atoms with Crippen LogP contribution in [0.15, 0.2) is 23.4 Å². The molecule has 0 aromatic carbocycles. The van der Waals surface area contributed by atoms with Crippen molar-refractivity contribution in [3.63, 3.8) is 0 Å². The van der Waals surface area contributed by atoms with E-state index < -0.39 is 0 Å². The van der Waals surface area contributed by atoms with Gasteiger partial charge in [-0.1, -0.05) is 32.0 Å². The lowest BCUT2D eigenvalue weighted by Crippen LogP contribution is -2.09. The highest BCUT2D eigenvalue weighted by Crippen LogP contribution is 2.18. The van der Waals surface area contributed by atoms with Gasteiger partial charge in [0.2, 0.25) is 0 Å². The number of nitrogens with zero attached hydrogens (tertiary/aromatic N) is 1. The SMILES string of the molecule is CCCCCSc1cc(C(N)=S)ccn1. The van der Waals surface area contributed by atoms with Crippen LogP contribution in [-0.2, 0) is 0 Å². The number of hydrogen-bond donors (Lipinski definition) is 1. The first-order chi connectivity index (χ1) is 7.24. The van der Waals surface area contributed by atoms with E-state index in [1.807, 2.05) is 12.1 Å². The van der Waals surface area contributed by atoms with E-state index in [1.54, 1.807) is 18.0 Å². The molecule has 0 aliphatic rings. The van der Waals surface area contributed by atoms with Crippen molar-refractivity contribution >= 4 is 29.0 Å². The molecule has 1 rings (SSSR count). The highest BCUT2D eigenvalue weighted by Gasteiger charge is 1.99. The second kappa shape index (κ2) is 6.80. The molecule has 0 spiro atoms. The molecule has 0 amide bonds. The Morgan fingerprint density at radius 3 is 3.00 bits per heavy atom. The van der Waals surface area contributed by atoms with Gasteiger partial charge in [-0.05, 0) is 24.3 Å². The maximum Gasteiger partial charge on any atom is 0.104 e. The summed E-state index contributed by atoms with van der Waals surface area (Å²) in [5, 5.41) is 1.01. The molecule has 15 heavy (non-hydrogen) atoms. The Morgan fingerprint density at radius 1 is 1.53 bits per heavy atom. The minimum Gasteiger partial charge on any atom is -0.389 e. The van der Waals surface area contributed by atoms with E-state index in [4.69, 9.17) is 18.0 Å². The van der Waals surface area contributed by atoms with Crippen LogP contribution >= 0.6 is 24.0 Å². The molecular formula is C11H16N2S2. The van der Waals surface area contributed by atoms with Gasteiger partial charge < -0.3 is 5.73 Å². The van der Waals surface area contributed by atoms with E-state index in [-0.39, 0.29) is 0 Å². The molecule has 0 bridgehead atoms. The zero-order valence-electron chi connectivity index (χ0n) is 8.90. The topological polar surface area (TPSA) is 38.9 Å². The van der Waals surface area contributed by atoms with E-state index in [1.165, 1.54) is 19.3 Å². The fourth-order valence-electron chi connectivity index (χ4n) is 1.17. The van der Waals surface area contributed by atoms with Gasteiger partial charge in [-0.25, -0.2) is 4.98 Å². The second-order valence-corrected chi connectivity index (χ2v) is 4.86. The summed E-state index contributed by atoms with van der Waals surface area (Å²) >= 11 is 6.68. The van der Waals surface area contributed by atoms with E-state index in [2.05, 4.69) is 11.9 Å². The van der Waals surface area contributed by atoms with Crippen molar-refractivity contribution in [3.8, 4) is 0 Å². The molecule has 0 unspecified atom stereocenters. The molecule has 1 heterocycles. The van der Waals surface area contributed by atoms with Crippen molar-refractivity contribution in [1.82, 2.24) is 4.98 Å². The summed E-state index contributed by atoms with van der Waals surface area (Å²) in [4.78, 5) is 4.70. The maximum atomic E-state index is 5.55. The Labute approximate surface area is 101 Å². The molecular weight excluding hydrogens is 224 g/mol. The van der Waals surface area contributed by atoms with Gasteiger partial charge in [0.25, 0.3) is 0 Å². The molecule has 82 valence electrons. The predicted octanol–water partition coefficient (Wildman–Crippen LogP) is 3.00. The first kappa shape index (κ1) is 12.5. The lowest BCUT2D eigenvalue weighted by atomic mass is 10.3. The van der Waals surface area contributed by atoms with E-state index in [0.717, 1.165) is 16.3 Å². The Hall–Kier alpha value is -0.610. The van der Waals surface area contributed by atoms with E-state index >= 15 is 0 Å². The van der Waals surface area contributed by atoms with Crippen LogP contribution in [0, 0.1) is 0 Å². The quantitative estimate of drug-likeness (QED) is 0.471. The zero-order chi connectivity index (χ0) is 11.1. The Morgan fingerprint density at radius 2 is 2.33 bits per heavy atom. The van der Waals surface area contributed by atoms with Crippen molar-refractivity contribution in [2.24, 2.45) is 5.73 Å². The van der Waals surface area contributed by atoms with Gasteiger partial charge in [-0.2, -0.15) is 0 Å². The summed E-state index contributed by atoms with van der Waals surface area (Å²) in [6, 6.07) is 3.80. The Balaban J connectivity index is 2.47. The molecule has 0 aliphatic carbocycles.